The minimum Gasteiger partial charge on any atom is -0.295 e. The van der Waals surface area contributed by atoms with Crippen LogP contribution in [0.15, 0.2) is 30.9 Å². The number of aromatic nitrogens is 4. The van der Waals surface area contributed by atoms with Gasteiger partial charge in [-0.15, -0.1) is 0 Å². The van der Waals surface area contributed by atoms with Crippen molar-refractivity contribution < 1.29 is 0 Å². The molecular formula is C12H5Cl2N5. The second kappa shape index (κ2) is 4.50. The molecule has 5 nitrogen and oxygen atoms in total. The number of nitrogens with zero attached hydrogens (tertiary/aromatic N) is 5. The summed E-state index contributed by atoms with van der Waals surface area (Å²) in [7, 11) is 0. The molecular weight excluding hydrogens is 285 g/mol. The van der Waals surface area contributed by atoms with E-state index in [1.165, 1.54) is 6.20 Å². The summed E-state index contributed by atoms with van der Waals surface area (Å²) in [5, 5.41) is 9.57. The molecule has 0 amide bonds. The molecule has 0 saturated heterocycles. The van der Waals surface area contributed by atoms with Gasteiger partial charge in [-0.2, -0.15) is 5.26 Å². The predicted octanol–water partition coefficient (Wildman–Crippen LogP) is 2.97. The summed E-state index contributed by atoms with van der Waals surface area (Å²) in [5.41, 5.74) is 1.46. The molecule has 0 aliphatic rings. The van der Waals surface area contributed by atoms with Crippen molar-refractivity contribution >= 4 is 28.7 Å². The summed E-state index contributed by atoms with van der Waals surface area (Å²) >= 11 is 12.1. The van der Waals surface area contributed by atoms with Crippen LogP contribution in [0.3, 0.4) is 0 Å². The molecule has 0 unspecified atom stereocenters. The molecule has 0 aliphatic carbocycles. The average molecular weight is 290 g/mol. The van der Waals surface area contributed by atoms with Gasteiger partial charge in [0.15, 0.2) is 10.8 Å². The van der Waals surface area contributed by atoms with Gasteiger partial charge in [0, 0.05) is 24.2 Å². The molecule has 3 heterocycles. The first-order chi connectivity index (χ1) is 9.22. The van der Waals surface area contributed by atoms with E-state index in [0.717, 1.165) is 0 Å². The zero-order chi connectivity index (χ0) is 13.4. The van der Waals surface area contributed by atoms with Crippen LogP contribution >= 0.6 is 23.2 Å². The van der Waals surface area contributed by atoms with Gasteiger partial charge in [-0.25, -0.2) is 15.0 Å². The third-order valence-corrected chi connectivity index (χ3v) is 3.32. The van der Waals surface area contributed by atoms with Gasteiger partial charge in [0.05, 0.1) is 11.2 Å². The van der Waals surface area contributed by atoms with Crippen LogP contribution in [0, 0.1) is 11.3 Å². The first-order valence-electron chi connectivity index (χ1n) is 5.25. The van der Waals surface area contributed by atoms with Gasteiger partial charge in [-0.05, 0) is 6.07 Å². The Morgan fingerprint density at radius 2 is 2.00 bits per heavy atom. The molecule has 0 aromatic carbocycles. The summed E-state index contributed by atoms with van der Waals surface area (Å²) < 4.78 is 1.76. The standard InChI is InChI=1S/C12H5Cl2N5/c13-10-7(1-2-16-8(10)5-15)12-18-6-9-11(14)17-3-4-19(9)12/h1-4,6H. The number of fused-ring (bicyclic) bond motifs is 1. The van der Waals surface area contributed by atoms with Crippen molar-refractivity contribution in [2.45, 2.75) is 0 Å². The number of hydrogen-bond donors (Lipinski definition) is 0. The third kappa shape index (κ3) is 1.82. The Balaban J connectivity index is 2.32. The highest BCUT2D eigenvalue weighted by molar-refractivity contribution is 6.34. The van der Waals surface area contributed by atoms with Gasteiger partial charge in [0.2, 0.25) is 0 Å². The highest BCUT2D eigenvalue weighted by Crippen LogP contribution is 2.29. The van der Waals surface area contributed by atoms with Crippen LogP contribution in [0.2, 0.25) is 10.2 Å². The summed E-state index contributed by atoms with van der Waals surface area (Å²) in [6.07, 6.45) is 6.42. The molecule has 3 aromatic heterocycles. The number of rotatable bonds is 1. The van der Waals surface area contributed by atoms with E-state index in [1.807, 2.05) is 6.07 Å². The summed E-state index contributed by atoms with van der Waals surface area (Å²) in [5.74, 6) is 0.586. The number of pyridine rings is 1. The Bertz CT molecular complexity index is 819. The second-order valence-corrected chi connectivity index (χ2v) is 4.42. The van der Waals surface area contributed by atoms with Crippen molar-refractivity contribution in [3.8, 4) is 17.5 Å². The lowest BCUT2D eigenvalue weighted by atomic mass is 10.2. The largest absolute Gasteiger partial charge is 0.295 e. The van der Waals surface area contributed by atoms with E-state index in [9.17, 15) is 0 Å². The molecule has 0 N–H and O–H groups in total. The molecule has 7 heteroatoms. The number of imidazole rings is 1. The number of nitriles is 1. The number of halogens is 2. The van der Waals surface area contributed by atoms with Crippen LogP contribution < -0.4 is 0 Å². The molecule has 92 valence electrons. The smallest absolute Gasteiger partial charge is 0.159 e. The van der Waals surface area contributed by atoms with Crippen LogP contribution in [0.5, 0.6) is 0 Å². The van der Waals surface area contributed by atoms with E-state index in [2.05, 4.69) is 15.0 Å². The highest BCUT2D eigenvalue weighted by Gasteiger charge is 2.14. The van der Waals surface area contributed by atoms with Gasteiger partial charge < -0.3 is 0 Å². The quantitative estimate of drug-likeness (QED) is 0.691. The zero-order valence-corrected chi connectivity index (χ0v) is 10.9. The topological polar surface area (TPSA) is 66.9 Å². The maximum absolute atomic E-state index is 8.94. The van der Waals surface area contributed by atoms with Crippen LogP contribution in [0.4, 0.5) is 0 Å². The molecule has 0 fully saturated rings. The third-order valence-electron chi connectivity index (χ3n) is 2.65. The highest BCUT2D eigenvalue weighted by atomic mass is 35.5. The lowest BCUT2D eigenvalue weighted by molar-refractivity contribution is 1.12. The Labute approximate surface area is 118 Å². The molecule has 0 radical (unpaired) electrons. The molecule has 3 aromatic rings. The maximum Gasteiger partial charge on any atom is 0.159 e. The molecule has 0 bridgehead atoms. The fourth-order valence-corrected chi connectivity index (χ4v) is 2.22. The van der Waals surface area contributed by atoms with E-state index < -0.39 is 0 Å². The van der Waals surface area contributed by atoms with E-state index in [4.69, 9.17) is 28.5 Å². The number of hydrogen-bond acceptors (Lipinski definition) is 4. The molecule has 0 aliphatic heterocycles. The fraction of sp³-hybridized carbons (Fsp3) is 0. The lowest BCUT2D eigenvalue weighted by Gasteiger charge is -2.04. The molecule has 0 saturated carbocycles. The van der Waals surface area contributed by atoms with Crippen LogP contribution in [0.25, 0.3) is 16.9 Å². The van der Waals surface area contributed by atoms with Crippen LogP contribution in [-0.2, 0) is 0 Å². The first-order valence-corrected chi connectivity index (χ1v) is 6.00. The Kier molecular flexibility index (Phi) is 2.82. The maximum atomic E-state index is 8.94. The molecule has 0 spiro atoms. The van der Waals surface area contributed by atoms with Gasteiger partial charge in [0.25, 0.3) is 0 Å². The first kappa shape index (κ1) is 11.9. The van der Waals surface area contributed by atoms with Gasteiger partial charge in [-0.1, -0.05) is 23.2 Å². The van der Waals surface area contributed by atoms with Gasteiger partial charge in [0.1, 0.15) is 17.4 Å². The van der Waals surface area contributed by atoms with Crippen LogP contribution in [0.1, 0.15) is 5.69 Å². The van der Waals surface area contributed by atoms with Crippen molar-refractivity contribution in [3.05, 3.63) is 46.7 Å². The van der Waals surface area contributed by atoms with Crippen molar-refractivity contribution in [2.75, 3.05) is 0 Å². The predicted molar refractivity (Wildman–Crippen MR) is 71.0 cm³/mol. The lowest BCUT2D eigenvalue weighted by Crippen LogP contribution is -1.94. The molecule has 0 atom stereocenters. The van der Waals surface area contributed by atoms with E-state index in [-0.39, 0.29) is 10.7 Å². The van der Waals surface area contributed by atoms with E-state index >= 15 is 0 Å². The summed E-state index contributed by atoms with van der Waals surface area (Å²) in [6, 6.07) is 3.64. The fourth-order valence-electron chi connectivity index (χ4n) is 1.79. The van der Waals surface area contributed by atoms with Gasteiger partial charge in [-0.3, -0.25) is 4.40 Å². The zero-order valence-electron chi connectivity index (χ0n) is 9.38. The summed E-state index contributed by atoms with van der Waals surface area (Å²) in [6.45, 7) is 0. The van der Waals surface area contributed by atoms with Crippen molar-refractivity contribution in [1.29, 1.82) is 5.26 Å². The monoisotopic (exact) mass is 289 g/mol. The van der Waals surface area contributed by atoms with Crippen molar-refractivity contribution in [2.24, 2.45) is 0 Å². The van der Waals surface area contributed by atoms with Gasteiger partial charge >= 0.3 is 0 Å². The Hall–Kier alpha value is -2.16. The van der Waals surface area contributed by atoms with E-state index in [1.54, 1.807) is 29.1 Å². The normalized spacial score (nSPS) is 10.6. The minimum atomic E-state index is 0.163. The Morgan fingerprint density at radius 3 is 2.79 bits per heavy atom. The minimum absolute atomic E-state index is 0.163. The van der Waals surface area contributed by atoms with E-state index in [0.29, 0.717) is 22.1 Å². The molecule has 19 heavy (non-hydrogen) atoms. The second-order valence-electron chi connectivity index (χ2n) is 3.69. The Morgan fingerprint density at radius 1 is 1.16 bits per heavy atom. The SMILES string of the molecule is N#Cc1nccc(-c2ncc3c(Cl)nccn23)c1Cl. The van der Waals surface area contributed by atoms with Crippen LogP contribution in [-0.4, -0.2) is 19.4 Å². The molecule has 3 rings (SSSR count). The summed E-state index contributed by atoms with van der Waals surface area (Å²) in [4.78, 5) is 12.2. The average Bonchev–Trinajstić information content (AvgIpc) is 2.84. The van der Waals surface area contributed by atoms with Crippen molar-refractivity contribution in [1.82, 2.24) is 19.4 Å². The van der Waals surface area contributed by atoms with Crippen molar-refractivity contribution in [3.63, 3.8) is 0 Å².